The molecule has 0 atom stereocenters. The summed E-state index contributed by atoms with van der Waals surface area (Å²) in [6.07, 6.45) is 0. The van der Waals surface area contributed by atoms with Crippen LogP contribution in [0.1, 0.15) is 0 Å². The maximum absolute atomic E-state index is 13.2. The van der Waals surface area contributed by atoms with Gasteiger partial charge in [0.15, 0.2) is 0 Å². The lowest BCUT2D eigenvalue weighted by atomic mass is 10.3. The minimum atomic E-state index is -3.65. The van der Waals surface area contributed by atoms with Crippen LogP contribution in [0.15, 0.2) is 26.0 Å². The van der Waals surface area contributed by atoms with Gasteiger partial charge in [-0.2, -0.15) is 4.31 Å². The summed E-state index contributed by atoms with van der Waals surface area (Å²) in [6, 6.07) is 2.27. The molecule has 18 heavy (non-hydrogen) atoms. The van der Waals surface area contributed by atoms with Gasteiger partial charge in [0, 0.05) is 22.0 Å². The highest BCUT2D eigenvalue weighted by Crippen LogP contribution is 2.33. The quantitative estimate of drug-likeness (QED) is 0.762. The lowest BCUT2D eigenvalue weighted by Crippen LogP contribution is -2.40. The fourth-order valence-electron chi connectivity index (χ4n) is 1.69. The van der Waals surface area contributed by atoms with Crippen LogP contribution < -0.4 is 0 Å². The van der Waals surface area contributed by atoms with Gasteiger partial charge in [-0.25, -0.2) is 12.8 Å². The summed E-state index contributed by atoms with van der Waals surface area (Å²) in [5, 5.41) is 0. The molecule has 1 heterocycles. The largest absolute Gasteiger partial charge is 0.379 e. The first-order valence-electron chi connectivity index (χ1n) is 5.15. The Balaban J connectivity index is 2.47. The van der Waals surface area contributed by atoms with Crippen molar-refractivity contribution >= 4 is 41.9 Å². The highest BCUT2D eigenvalue weighted by Gasteiger charge is 2.30. The molecule has 0 unspecified atom stereocenters. The van der Waals surface area contributed by atoms with Crippen LogP contribution in [0.2, 0.25) is 0 Å². The van der Waals surface area contributed by atoms with Crippen LogP contribution in [0.25, 0.3) is 0 Å². The van der Waals surface area contributed by atoms with Gasteiger partial charge in [0.25, 0.3) is 0 Å². The van der Waals surface area contributed by atoms with Crippen molar-refractivity contribution in [2.75, 3.05) is 26.3 Å². The zero-order valence-corrected chi connectivity index (χ0v) is 13.2. The van der Waals surface area contributed by atoms with Gasteiger partial charge in [0.05, 0.1) is 13.2 Å². The maximum atomic E-state index is 13.2. The Morgan fingerprint density at radius 3 is 2.17 bits per heavy atom. The molecule has 1 aromatic rings. The van der Waals surface area contributed by atoms with E-state index >= 15 is 0 Å². The van der Waals surface area contributed by atoms with Gasteiger partial charge in [-0.3, -0.25) is 0 Å². The molecular weight excluding hydrogens is 393 g/mol. The third kappa shape index (κ3) is 2.77. The first-order valence-corrected chi connectivity index (χ1v) is 8.18. The number of morpholine rings is 1. The molecule has 0 N–H and O–H groups in total. The van der Waals surface area contributed by atoms with E-state index in [1.54, 1.807) is 0 Å². The average molecular weight is 403 g/mol. The molecule has 1 saturated heterocycles. The average Bonchev–Trinajstić information content (AvgIpc) is 2.28. The topological polar surface area (TPSA) is 46.6 Å². The van der Waals surface area contributed by atoms with Crippen molar-refractivity contribution in [3.8, 4) is 0 Å². The van der Waals surface area contributed by atoms with Crippen molar-refractivity contribution in [1.82, 2.24) is 4.31 Å². The number of benzene rings is 1. The molecule has 0 amide bonds. The van der Waals surface area contributed by atoms with E-state index in [2.05, 4.69) is 31.9 Å². The van der Waals surface area contributed by atoms with Crippen LogP contribution in [0.3, 0.4) is 0 Å². The Morgan fingerprint density at radius 2 is 1.67 bits per heavy atom. The second-order valence-corrected chi connectivity index (χ2v) is 7.30. The van der Waals surface area contributed by atoms with Gasteiger partial charge in [-0.05, 0) is 44.0 Å². The Kier molecular flexibility index (Phi) is 4.43. The molecular formula is C10H10Br2FNO3S. The second kappa shape index (κ2) is 5.54. The van der Waals surface area contributed by atoms with Crippen molar-refractivity contribution < 1.29 is 17.5 Å². The van der Waals surface area contributed by atoms with Crippen LogP contribution in [0, 0.1) is 5.82 Å². The van der Waals surface area contributed by atoms with Gasteiger partial charge in [0.1, 0.15) is 10.7 Å². The van der Waals surface area contributed by atoms with E-state index in [0.717, 1.165) is 12.1 Å². The molecule has 1 aromatic carbocycles. The van der Waals surface area contributed by atoms with E-state index in [-0.39, 0.29) is 13.8 Å². The number of sulfonamides is 1. The predicted octanol–water partition coefficient (Wildman–Crippen LogP) is 2.37. The summed E-state index contributed by atoms with van der Waals surface area (Å²) >= 11 is 6.19. The monoisotopic (exact) mass is 401 g/mol. The minimum Gasteiger partial charge on any atom is -0.379 e. The van der Waals surface area contributed by atoms with Gasteiger partial charge in [-0.1, -0.05) is 0 Å². The Bertz CT molecular complexity index is 535. The number of halogens is 3. The first kappa shape index (κ1) is 14.4. The van der Waals surface area contributed by atoms with Crippen LogP contribution in [-0.2, 0) is 14.8 Å². The summed E-state index contributed by atoms with van der Waals surface area (Å²) in [4.78, 5) is 0.0470. The maximum Gasteiger partial charge on any atom is 0.245 e. The van der Waals surface area contributed by atoms with Gasteiger partial charge in [-0.15, -0.1) is 0 Å². The van der Waals surface area contributed by atoms with E-state index in [4.69, 9.17) is 4.74 Å². The molecule has 100 valence electrons. The Hall–Kier alpha value is -0.0200. The van der Waals surface area contributed by atoms with Crippen molar-refractivity contribution in [1.29, 1.82) is 0 Å². The lowest BCUT2D eigenvalue weighted by molar-refractivity contribution is 0.0730. The van der Waals surface area contributed by atoms with Crippen LogP contribution in [0.4, 0.5) is 4.39 Å². The summed E-state index contributed by atoms with van der Waals surface area (Å²) < 4.78 is 44.9. The van der Waals surface area contributed by atoms with Crippen molar-refractivity contribution in [3.63, 3.8) is 0 Å². The molecule has 1 fully saturated rings. The van der Waals surface area contributed by atoms with E-state index in [1.807, 2.05) is 0 Å². The SMILES string of the molecule is O=S(=O)(c1c(Br)cc(F)cc1Br)N1CCOCC1. The first-order chi connectivity index (χ1) is 8.43. The van der Waals surface area contributed by atoms with Crippen LogP contribution in [0.5, 0.6) is 0 Å². The number of hydrogen-bond donors (Lipinski definition) is 0. The molecule has 0 spiro atoms. The van der Waals surface area contributed by atoms with Gasteiger partial charge >= 0.3 is 0 Å². The molecule has 4 nitrogen and oxygen atoms in total. The third-order valence-electron chi connectivity index (χ3n) is 2.53. The molecule has 2 rings (SSSR count). The summed E-state index contributed by atoms with van der Waals surface area (Å²) in [5.74, 6) is -0.505. The lowest BCUT2D eigenvalue weighted by Gasteiger charge is -2.26. The highest BCUT2D eigenvalue weighted by molar-refractivity contribution is 9.11. The van der Waals surface area contributed by atoms with Gasteiger partial charge < -0.3 is 4.74 Å². The number of hydrogen-bond acceptors (Lipinski definition) is 3. The number of ether oxygens (including phenoxy) is 1. The van der Waals surface area contributed by atoms with E-state index < -0.39 is 15.8 Å². The molecule has 1 aliphatic rings. The number of rotatable bonds is 2. The van der Waals surface area contributed by atoms with E-state index in [0.29, 0.717) is 26.3 Å². The molecule has 0 saturated carbocycles. The molecule has 1 aliphatic heterocycles. The summed E-state index contributed by atoms with van der Waals surface area (Å²) in [5.41, 5.74) is 0. The molecule has 0 bridgehead atoms. The molecule has 0 aliphatic carbocycles. The smallest absolute Gasteiger partial charge is 0.245 e. The van der Waals surface area contributed by atoms with E-state index in [9.17, 15) is 12.8 Å². The van der Waals surface area contributed by atoms with Crippen molar-refractivity contribution in [2.45, 2.75) is 4.90 Å². The molecule has 8 heteroatoms. The zero-order valence-electron chi connectivity index (χ0n) is 9.20. The normalized spacial score (nSPS) is 17.9. The minimum absolute atomic E-state index is 0.0470. The molecule has 0 aromatic heterocycles. The second-order valence-electron chi connectivity index (χ2n) is 3.72. The Labute approximate surface area is 121 Å². The van der Waals surface area contributed by atoms with Crippen molar-refractivity contribution in [3.05, 3.63) is 26.9 Å². The third-order valence-corrected chi connectivity index (χ3v) is 6.31. The summed E-state index contributed by atoms with van der Waals surface area (Å²) in [7, 11) is -3.65. The fraction of sp³-hybridized carbons (Fsp3) is 0.400. The molecule has 0 radical (unpaired) electrons. The van der Waals surface area contributed by atoms with Crippen molar-refractivity contribution in [2.24, 2.45) is 0 Å². The standard InChI is InChI=1S/C10H10Br2FNO3S/c11-8-5-7(13)6-9(12)10(8)18(15,16)14-1-3-17-4-2-14/h5-6H,1-4H2. The van der Waals surface area contributed by atoms with Crippen LogP contribution >= 0.6 is 31.9 Å². The van der Waals surface area contributed by atoms with Crippen LogP contribution in [-0.4, -0.2) is 39.0 Å². The number of nitrogens with zero attached hydrogens (tertiary/aromatic N) is 1. The summed E-state index contributed by atoms with van der Waals surface area (Å²) in [6.45, 7) is 1.35. The Morgan fingerprint density at radius 1 is 1.17 bits per heavy atom. The highest BCUT2D eigenvalue weighted by atomic mass is 79.9. The van der Waals surface area contributed by atoms with E-state index in [1.165, 1.54) is 4.31 Å². The zero-order chi connectivity index (χ0) is 13.3. The predicted molar refractivity (Wildman–Crippen MR) is 71.4 cm³/mol. The fourth-order valence-corrected chi connectivity index (χ4v) is 5.55. The van der Waals surface area contributed by atoms with Gasteiger partial charge in [0.2, 0.25) is 10.0 Å².